The van der Waals surface area contributed by atoms with Crippen LogP contribution in [0, 0.1) is 0 Å². The zero-order valence-corrected chi connectivity index (χ0v) is 10.7. The number of ether oxygens (including phenoxy) is 1. The van der Waals surface area contributed by atoms with Gasteiger partial charge < -0.3 is 10.1 Å². The Morgan fingerprint density at radius 2 is 2.20 bits per heavy atom. The predicted molar refractivity (Wildman–Crippen MR) is 64.2 cm³/mol. The molecule has 0 aromatic carbocycles. The fraction of sp³-hybridized carbons (Fsp3) is 1.00. The highest BCUT2D eigenvalue weighted by atomic mass is 16.5. The van der Waals surface area contributed by atoms with Crippen molar-refractivity contribution in [2.45, 2.75) is 45.2 Å². The molecule has 1 N–H and O–H groups in total. The monoisotopic (exact) mass is 214 g/mol. The zero-order valence-electron chi connectivity index (χ0n) is 10.7. The maximum atomic E-state index is 5.13. The van der Waals surface area contributed by atoms with Gasteiger partial charge in [-0.3, -0.25) is 4.90 Å². The molecule has 0 aliphatic carbocycles. The van der Waals surface area contributed by atoms with Crippen LogP contribution in [0.4, 0.5) is 0 Å². The van der Waals surface area contributed by atoms with Crippen LogP contribution in [0.1, 0.15) is 33.6 Å². The van der Waals surface area contributed by atoms with Crippen LogP contribution in [-0.4, -0.2) is 49.8 Å². The van der Waals surface area contributed by atoms with Crippen LogP contribution in [-0.2, 0) is 4.74 Å². The highest BCUT2D eigenvalue weighted by molar-refractivity contribution is 4.89. The van der Waals surface area contributed by atoms with Gasteiger partial charge in [0.25, 0.3) is 0 Å². The number of nitrogens with zero attached hydrogens (tertiary/aromatic N) is 1. The molecule has 1 aliphatic heterocycles. The Morgan fingerprint density at radius 3 is 2.87 bits per heavy atom. The lowest BCUT2D eigenvalue weighted by atomic mass is 10.0. The van der Waals surface area contributed by atoms with E-state index < -0.39 is 0 Å². The third kappa shape index (κ3) is 3.74. The van der Waals surface area contributed by atoms with Crippen molar-refractivity contribution in [2.75, 3.05) is 33.4 Å². The standard InChI is InChI=1S/C12H26N2O/c1-11-6-7-13-10-12(2,3)14(11)8-5-9-15-4/h11,13H,5-10H2,1-4H3. The molecule has 1 aliphatic rings. The molecule has 1 unspecified atom stereocenters. The molecule has 1 saturated heterocycles. The van der Waals surface area contributed by atoms with Crippen LogP contribution >= 0.6 is 0 Å². The number of nitrogens with one attached hydrogen (secondary N) is 1. The second-order valence-corrected chi connectivity index (χ2v) is 5.17. The van der Waals surface area contributed by atoms with E-state index in [0.717, 1.165) is 32.7 Å². The summed E-state index contributed by atoms with van der Waals surface area (Å²) in [5, 5.41) is 3.52. The van der Waals surface area contributed by atoms with Gasteiger partial charge in [-0.2, -0.15) is 0 Å². The Bertz CT molecular complexity index is 182. The van der Waals surface area contributed by atoms with Crippen molar-refractivity contribution >= 4 is 0 Å². The van der Waals surface area contributed by atoms with E-state index in [0.29, 0.717) is 6.04 Å². The summed E-state index contributed by atoms with van der Waals surface area (Å²) < 4.78 is 5.13. The van der Waals surface area contributed by atoms with Crippen molar-refractivity contribution < 1.29 is 4.74 Å². The van der Waals surface area contributed by atoms with Crippen molar-refractivity contribution in [3.05, 3.63) is 0 Å². The zero-order chi connectivity index (χ0) is 11.3. The molecule has 0 saturated carbocycles. The lowest BCUT2D eigenvalue weighted by molar-refractivity contribution is 0.0747. The van der Waals surface area contributed by atoms with Crippen molar-refractivity contribution in [2.24, 2.45) is 0 Å². The van der Waals surface area contributed by atoms with E-state index in [-0.39, 0.29) is 5.54 Å². The minimum atomic E-state index is 0.268. The summed E-state index contributed by atoms with van der Waals surface area (Å²) in [4.78, 5) is 2.62. The van der Waals surface area contributed by atoms with E-state index in [9.17, 15) is 0 Å². The maximum absolute atomic E-state index is 5.13. The van der Waals surface area contributed by atoms with E-state index >= 15 is 0 Å². The van der Waals surface area contributed by atoms with Crippen molar-refractivity contribution in [1.82, 2.24) is 10.2 Å². The first kappa shape index (κ1) is 12.9. The van der Waals surface area contributed by atoms with Gasteiger partial charge in [-0.15, -0.1) is 0 Å². The molecular weight excluding hydrogens is 188 g/mol. The Balaban J connectivity index is 2.52. The van der Waals surface area contributed by atoms with Crippen molar-refractivity contribution in [3.63, 3.8) is 0 Å². The fourth-order valence-corrected chi connectivity index (χ4v) is 2.46. The highest BCUT2D eigenvalue weighted by Crippen LogP contribution is 2.21. The van der Waals surface area contributed by atoms with Gasteiger partial charge in [0.15, 0.2) is 0 Å². The molecule has 0 aromatic heterocycles. The molecule has 90 valence electrons. The van der Waals surface area contributed by atoms with Crippen LogP contribution in [0.3, 0.4) is 0 Å². The summed E-state index contributed by atoms with van der Waals surface area (Å²) in [6.07, 6.45) is 2.38. The largest absolute Gasteiger partial charge is 0.385 e. The fourth-order valence-electron chi connectivity index (χ4n) is 2.46. The lowest BCUT2D eigenvalue weighted by Gasteiger charge is -2.40. The molecule has 0 bridgehead atoms. The number of methoxy groups -OCH3 is 1. The van der Waals surface area contributed by atoms with Gasteiger partial charge in [-0.1, -0.05) is 0 Å². The van der Waals surface area contributed by atoms with E-state index in [1.807, 2.05) is 0 Å². The third-order valence-electron chi connectivity index (χ3n) is 3.35. The molecule has 1 fully saturated rings. The molecule has 3 heteroatoms. The normalized spacial score (nSPS) is 27.6. The SMILES string of the molecule is COCCCN1C(C)CCNCC1(C)C. The highest BCUT2D eigenvalue weighted by Gasteiger charge is 2.31. The summed E-state index contributed by atoms with van der Waals surface area (Å²) in [6.45, 7) is 11.2. The molecule has 0 aromatic rings. The van der Waals surface area contributed by atoms with Crippen LogP contribution in [0.15, 0.2) is 0 Å². The van der Waals surface area contributed by atoms with Crippen LogP contribution in [0.2, 0.25) is 0 Å². The topological polar surface area (TPSA) is 24.5 Å². The first-order valence-corrected chi connectivity index (χ1v) is 6.04. The van der Waals surface area contributed by atoms with Crippen molar-refractivity contribution in [1.29, 1.82) is 0 Å². The number of hydrogen-bond acceptors (Lipinski definition) is 3. The predicted octanol–water partition coefficient (Wildman–Crippen LogP) is 1.49. The summed E-state index contributed by atoms with van der Waals surface area (Å²) in [6, 6.07) is 0.673. The average molecular weight is 214 g/mol. The Hall–Kier alpha value is -0.120. The van der Waals surface area contributed by atoms with Gasteiger partial charge in [0.05, 0.1) is 0 Å². The van der Waals surface area contributed by atoms with E-state index in [4.69, 9.17) is 4.74 Å². The van der Waals surface area contributed by atoms with Gasteiger partial charge in [0.2, 0.25) is 0 Å². The van der Waals surface area contributed by atoms with E-state index in [1.165, 1.54) is 6.42 Å². The quantitative estimate of drug-likeness (QED) is 0.718. The minimum Gasteiger partial charge on any atom is -0.385 e. The minimum absolute atomic E-state index is 0.268. The molecule has 1 heterocycles. The molecule has 0 amide bonds. The van der Waals surface area contributed by atoms with Crippen LogP contribution in [0.5, 0.6) is 0 Å². The Kier molecular flexibility index (Phi) is 5.03. The smallest absolute Gasteiger partial charge is 0.0474 e. The first-order valence-electron chi connectivity index (χ1n) is 6.04. The summed E-state index contributed by atoms with van der Waals surface area (Å²) in [5.74, 6) is 0. The molecule has 0 radical (unpaired) electrons. The van der Waals surface area contributed by atoms with E-state index in [2.05, 4.69) is 31.0 Å². The molecule has 15 heavy (non-hydrogen) atoms. The average Bonchev–Trinajstić information content (AvgIpc) is 2.29. The van der Waals surface area contributed by atoms with Gasteiger partial charge in [-0.05, 0) is 40.2 Å². The van der Waals surface area contributed by atoms with Crippen LogP contribution < -0.4 is 5.32 Å². The van der Waals surface area contributed by atoms with Gasteiger partial charge in [0, 0.05) is 38.4 Å². The van der Waals surface area contributed by atoms with Crippen molar-refractivity contribution in [3.8, 4) is 0 Å². The second kappa shape index (κ2) is 5.83. The van der Waals surface area contributed by atoms with Gasteiger partial charge in [0.1, 0.15) is 0 Å². The third-order valence-corrected chi connectivity index (χ3v) is 3.35. The Morgan fingerprint density at radius 1 is 1.47 bits per heavy atom. The van der Waals surface area contributed by atoms with Gasteiger partial charge in [-0.25, -0.2) is 0 Å². The summed E-state index contributed by atoms with van der Waals surface area (Å²) in [5.41, 5.74) is 0.268. The molecule has 3 nitrogen and oxygen atoms in total. The molecule has 1 atom stereocenters. The van der Waals surface area contributed by atoms with Gasteiger partial charge >= 0.3 is 0 Å². The van der Waals surface area contributed by atoms with E-state index in [1.54, 1.807) is 7.11 Å². The summed E-state index contributed by atoms with van der Waals surface area (Å²) >= 11 is 0. The maximum Gasteiger partial charge on any atom is 0.0474 e. The first-order chi connectivity index (χ1) is 7.08. The molecule has 1 rings (SSSR count). The molecular formula is C12H26N2O. The Labute approximate surface area is 94.2 Å². The lowest BCUT2D eigenvalue weighted by Crippen LogP contribution is -2.52. The number of hydrogen-bond donors (Lipinski definition) is 1. The number of rotatable bonds is 4. The summed E-state index contributed by atoms with van der Waals surface area (Å²) in [7, 11) is 1.78. The van der Waals surface area contributed by atoms with Crippen LogP contribution in [0.25, 0.3) is 0 Å². The molecule has 0 spiro atoms. The second-order valence-electron chi connectivity index (χ2n) is 5.17.